The van der Waals surface area contributed by atoms with Crippen molar-refractivity contribution < 1.29 is 14.4 Å². The van der Waals surface area contributed by atoms with Gasteiger partial charge in [-0.1, -0.05) is 18.2 Å². The van der Waals surface area contributed by atoms with Gasteiger partial charge in [-0.05, 0) is 61.6 Å². The first-order chi connectivity index (χ1) is 14.0. The molecule has 3 aliphatic heterocycles. The number of anilines is 1. The molecule has 0 spiro atoms. The Bertz CT molecular complexity index is 1010. The van der Waals surface area contributed by atoms with Crippen LogP contribution in [0.25, 0.3) is 0 Å². The van der Waals surface area contributed by atoms with Crippen molar-refractivity contribution in [3.63, 3.8) is 0 Å². The lowest BCUT2D eigenvalue weighted by atomic mass is 9.89. The first-order valence-electron chi connectivity index (χ1n) is 10.1. The van der Waals surface area contributed by atoms with Crippen molar-refractivity contribution in [2.45, 2.75) is 50.7 Å². The van der Waals surface area contributed by atoms with Crippen LogP contribution in [-0.4, -0.2) is 39.6 Å². The Balaban J connectivity index is 1.63. The van der Waals surface area contributed by atoms with Gasteiger partial charge in [-0.3, -0.25) is 19.3 Å². The van der Waals surface area contributed by atoms with Crippen LogP contribution in [0.3, 0.4) is 0 Å². The Morgan fingerprint density at radius 2 is 1.62 bits per heavy atom. The van der Waals surface area contributed by atoms with Crippen molar-refractivity contribution in [1.29, 1.82) is 0 Å². The predicted molar refractivity (Wildman–Crippen MR) is 108 cm³/mol. The Hall–Kier alpha value is -3.15. The summed E-state index contributed by atoms with van der Waals surface area (Å²) in [6.07, 6.45) is 3.12. The quantitative estimate of drug-likeness (QED) is 0.600. The lowest BCUT2D eigenvalue weighted by Crippen LogP contribution is -2.54. The molecule has 2 aromatic rings. The van der Waals surface area contributed by atoms with E-state index in [0.29, 0.717) is 23.2 Å². The van der Waals surface area contributed by atoms with Gasteiger partial charge in [-0.15, -0.1) is 0 Å². The summed E-state index contributed by atoms with van der Waals surface area (Å²) in [7, 11) is 0. The summed E-state index contributed by atoms with van der Waals surface area (Å²) in [6, 6.07) is 11.6. The maximum atomic E-state index is 13.7. The third kappa shape index (κ3) is 2.58. The maximum absolute atomic E-state index is 13.7. The van der Waals surface area contributed by atoms with E-state index >= 15 is 0 Å². The van der Waals surface area contributed by atoms with Gasteiger partial charge in [-0.2, -0.15) is 0 Å². The molecule has 2 aromatic carbocycles. The largest absolute Gasteiger partial charge is 0.399 e. The molecule has 29 heavy (non-hydrogen) atoms. The zero-order valence-corrected chi connectivity index (χ0v) is 16.3. The minimum atomic E-state index is -0.838. The van der Waals surface area contributed by atoms with E-state index in [1.165, 1.54) is 4.90 Å². The summed E-state index contributed by atoms with van der Waals surface area (Å²) in [4.78, 5) is 43.0. The number of rotatable bonds is 1. The first kappa shape index (κ1) is 17.9. The molecule has 2 N–H and O–H groups in total. The molecule has 0 saturated carbocycles. The third-order valence-electron chi connectivity index (χ3n) is 6.53. The van der Waals surface area contributed by atoms with Crippen LogP contribution < -0.4 is 5.73 Å². The van der Waals surface area contributed by atoms with Gasteiger partial charge in [0.15, 0.2) is 0 Å². The summed E-state index contributed by atoms with van der Waals surface area (Å²) in [6.45, 7) is 2.04. The molecular formula is C23H23N3O3. The number of piperidine rings is 1. The molecular weight excluding hydrogens is 366 g/mol. The SMILES string of the molecule is CC1CCCC2c3cc(N)ccc3C[C@H](N3C(=O)c4ccccc4C3=O)C(=O)N12. The van der Waals surface area contributed by atoms with Gasteiger partial charge in [0.1, 0.15) is 6.04 Å². The van der Waals surface area contributed by atoms with Crippen LogP contribution in [0.2, 0.25) is 0 Å². The van der Waals surface area contributed by atoms with Gasteiger partial charge in [0, 0.05) is 18.2 Å². The fourth-order valence-corrected chi connectivity index (χ4v) is 5.14. The molecule has 3 atom stereocenters. The van der Waals surface area contributed by atoms with Gasteiger partial charge in [-0.25, -0.2) is 0 Å². The van der Waals surface area contributed by atoms with Crippen LogP contribution in [0.15, 0.2) is 42.5 Å². The Morgan fingerprint density at radius 3 is 2.31 bits per heavy atom. The average molecular weight is 389 g/mol. The second-order valence-electron chi connectivity index (χ2n) is 8.25. The van der Waals surface area contributed by atoms with Crippen molar-refractivity contribution in [3.05, 3.63) is 64.7 Å². The van der Waals surface area contributed by atoms with Crippen LogP contribution in [0.5, 0.6) is 0 Å². The number of nitrogen functional groups attached to an aromatic ring is 1. The second kappa shape index (κ2) is 6.44. The van der Waals surface area contributed by atoms with E-state index in [4.69, 9.17) is 5.73 Å². The van der Waals surface area contributed by atoms with Gasteiger partial charge in [0.05, 0.1) is 17.2 Å². The minimum absolute atomic E-state index is 0.0475. The maximum Gasteiger partial charge on any atom is 0.262 e. The molecule has 0 radical (unpaired) electrons. The Morgan fingerprint density at radius 1 is 0.931 bits per heavy atom. The van der Waals surface area contributed by atoms with Gasteiger partial charge in [0.2, 0.25) is 5.91 Å². The molecule has 3 aliphatic rings. The number of imide groups is 1. The Kier molecular flexibility index (Phi) is 3.98. The highest BCUT2D eigenvalue weighted by molar-refractivity contribution is 6.22. The first-order valence-corrected chi connectivity index (χ1v) is 10.1. The number of hydrogen-bond acceptors (Lipinski definition) is 4. The molecule has 3 amide bonds. The van der Waals surface area contributed by atoms with Crippen molar-refractivity contribution in [2.75, 3.05) is 5.73 Å². The van der Waals surface area contributed by atoms with Crippen LogP contribution in [0.1, 0.15) is 64.1 Å². The van der Waals surface area contributed by atoms with Gasteiger partial charge >= 0.3 is 0 Å². The van der Waals surface area contributed by atoms with E-state index in [9.17, 15) is 14.4 Å². The number of amides is 3. The van der Waals surface area contributed by atoms with Gasteiger partial charge < -0.3 is 10.6 Å². The fourth-order valence-electron chi connectivity index (χ4n) is 5.14. The number of hydrogen-bond donors (Lipinski definition) is 1. The molecule has 1 saturated heterocycles. The third-order valence-corrected chi connectivity index (χ3v) is 6.53. The van der Waals surface area contributed by atoms with Crippen molar-refractivity contribution in [3.8, 4) is 0 Å². The fraction of sp³-hybridized carbons (Fsp3) is 0.348. The van der Waals surface area contributed by atoms with Crippen LogP contribution in [-0.2, 0) is 11.2 Å². The van der Waals surface area contributed by atoms with Crippen LogP contribution in [0, 0.1) is 0 Å². The lowest BCUT2D eigenvalue weighted by Gasteiger charge is -2.42. The summed E-state index contributed by atoms with van der Waals surface area (Å²) in [5, 5.41) is 0. The normalized spacial score (nSPS) is 26.1. The molecule has 6 heteroatoms. The standard InChI is InChI=1S/C23H23N3O3/c1-13-5-4-8-19-18-12-15(24)10-9-14(18)11-20(23(29)25(13)19)26-21(27)16-6-2-3-7-17(16)22(26)28/h2-3,6-7,9-10,12-13,19-20H,4-5,8,11,24H2,1H3/t13?,19?,20-/m0/s1. The van der Waals surface area contributed by atoms with Gasteiger partial charge in [0.25, 0.3) is 11.8 Å². The molecule has 0 bridgehead atoms. The van der Waals surface area contributed by atoms with E-state index in [1.54, 1.807) is 24.3 Å². The zero-order valence-electron chi connectivity index (χ0n) is 16.3. The molecule has 148 valence electrons. The smallest absolute Gasteiger partial charge is 0.262 e. The molecule has 0 aliphatic carbocycles. The van der Waals surface area contributed by atoms with E-state index in [2.05, 4.69) is 0 Å². The number of fused-ring (bicyclic) bond motifs is 4. The Labute approximate surface area is 169 Å². The van der Waals surface area contributed by atoms with Crippen molar-refractivity contribution in [1.82, 2.24) is 9.80 Å². The highest BCUT2D eigenvalue weighted by Gasteiger charge is 2.48. The molecule has 2 unspecified atom stereocenters. The summed E-state index contributed by atoms with van der Waals surface area (Å²) >= 11 is 0. The van der Waals surface area contributed by atoms with Crippen molar-refractivity contribution in [2.24, 2.45) is 0 Å². The second-order valence-corrected chi connectivity index (χ2v) is 8.25. The average Bonchev–Trinajstić information content (AvgIpc) is 2.89. The predicted octanol–water partition coefficient (Wildman–Crippen LogP) is 2.93. The van der Waals surface area contributed by atoms with Crippen LogP contribution in [0.4, 0.5) is 5.69 Å². The highest BCUT2D eigenvalue weighted by atomic mass is 16.2. The molecule has 1 fully saturated rings. The number of nitrogens with two attached hydrogens (primary N) is 1. The lowest BCUT2D eigenvalue weighted by molar-refractivity contribution is -0.141. The topological polar surface area (TPSA) is 83.7 Å². The summed E-state index contributed by atoms with van der Waals surface area (Å²) < 4.78 is 0. The molecule has 5 rings (SSSR count). The monoisotopic (exact) mass is 389 g/mol. The minimum Gasteiger partial charge on any atom is -0.399 e. The summed E-state index contributed by atoms with van der Waals surface area (Å²) in [5.41, 5.74) is 9.49. The number of benzene rings is 2. The number of carbonyl (C=O) groups excluding carboxylic acids is 3. The van der Waals surface area contributed by atoms with E-state index < -0.39 is 6.04 Å². The highest BCUT2D eigenvalue weighted by Crippen LogP contribution is 2.41. The molecule has 3 heterocycles. The zero-order chi connectivity index (χ0) is 20.3. The van der Waals surface area contributed by atoms with E-state index in [0.717, 1.165) is 30.4 Å². The number of carbonyl (C=O) groups is 3. The molecule has 0 aromatic heterocycles. The summed E-state index contributed by atoms with van der Waals surface area (Å²) in [5.74, 6) is -0.917. The van der Waals surface area contributed by atoms with Crippen molar-refractivity contribution >= 4 is 23.4 Å². The van der Waals surface area contributed by atoms with Crippen LogP contribution >= 0.6 is 0 Å². The van der Waals surface area contributed by atoms with E-state index in [-0.39, 0.29) is 29.8 Å². The van der Waals surface area contributed by atoms with E-state index in [1.807, 2.05) is 30.0 Å². The number of nitrogens with zero attached hydrogens (tertiary/aromatic N) is 2. The molecule has 6 nitrogen and oxygen atoms in total.